The molecular weight excluding hydrogens is 339 g/mol. The van der Waals surface area contributed by atoms with Crippen molar-refractivity contribution in [3.63, 3.8) is 0 Å². The monoisotopic (exact) mass is 362 g/mol. The second-order valence-corrected chi connectivity index (χ2v) is 7.29. The SMILES string of the molecule is CCc1c(Cl)nc2ccc(F)cc2c1C(=O)N[C@@H](C)C1CCCCC1. The smallest absolute Gasteiger partial charge is 0.252 e. The maximum Gasteiger partial charge on any atom is 0.252 e. The van der Waals surface area contributed by atoms with Crippen molar-refractivity contribution in [2.75, 3.05) is 0 Å². The number of hydrogen-bond donors (Lipinski definition) is 1. The molecule has 1 heterocycles. The molecular formula is C20H24ClFN2O. The van der Waals surface area contributed by atoms with E-state index in [0.717, 1.165) is 12.8 Å². The van der Waals surface area contributed by atoms with Crippen LogP contribution in [0.3, 0.4) is 0 Å². The first-order valence-corrected chi connectivity index (χ1v) is 9.47. The molecule has 1 saturated carbocycles. The molecule has 3 rings (SSSR count). The molecule has 0 unspecified atom stereocenters. The summed E-state index contributed by atoms with van der Waals surface area (Å²) in [6.45, 7) is 3.99. The van der Waals surface area contributed by atoms with Crippen LogP contribution in [-0.2, 0) is 6.42 Å². The van der Waals surface area contributed by atoms with E-state index in [1.807, 2.05) is 6.92 Å². The lowest BCUT2D eigenvalue weighted by Gasteiger charge is -2.28. The van der Waals surface area contributed by atoms with Gasteiger partial charge in [-0.2, -0.15) is 0 Å². The van der Waals surface area contributed by atoms with Crippen LogP contribution >= 0.6 is 11.6 Å². The van der Waals surface area contributed by atoms with Crippen LogP contribution in [0.4, 0.5) is 4.39 Å². The van der Waals surface area contributed by atoms with Gasteiger partial charge in [0.15, 0.2) is 0 Å². The van der Waals surface area contributed by atoms with Gasteiger partial charge in [-0.1, -0.05) is 37.8 Å². The number of nitrogens with one attached hydrogen (secondary N) is 1. The van der Waals surface area contributed by atoms with Crippen molar-refractivity contribution < 1.29 is 9.18 Å². The van der Waals surface area contributed by atoms with Crippen LogP contribution in [0.5, 0.6) is 0 Å². The second-order valence-electron chi connectivity index (χ2n) is 6.93. The third-order valence-corrected chi connectivity index (χ3v) is 5.61. The first-order chi connectivity index (χ1) is 12.0. The molecule has 1 aromatic carbocycles. The molecule has 0 spiro atoms. The zero-order valence-corrected chi connectivity index (χ0v) is 15.5. The molecule has 25 heavy (non-hydrogen) atoms. The molecule has 2 aromatic rings. The van der Waals surface area contributed by atoms with Crippen molar-refractivity contribution in [2.24, 2.45) is 5.92 Å². The van der Waals surface area contributed by atoms with E-state index in [1.54, 1.807) is 6.07 Å². The topological polar surface area (TPSA) is 42.0 Å². The number of rotatable bonds is 4. The fraction of sp³-hybridized carbons (Fsp3) is 0.500. The summed E-state index contributed by atoms with van der Waals surface area (Å²) in [7, 11) is 0. The van der Waals surface area contributed by atoms with Gasteiger partial charge in [0, 0.05) is 17.0 Å². The van der Waals surface area contributed by atoms with Crippen LogP contribution in [0.15, 0.2) is 18.2 Å². The van der Waals surface area contributed by atoms with Gasteiger partial charge in [-0.15, -0.1) is 0 Å². The molecule has 1 fully saturated rings. The van der Waals surface area contributed by atoms with Crippen molar-refractivity contribution in [3.8, 4) is 0 Å². The van der Waals surface area contributed by atoms with Crippen molar-refractivity contribution in [2.45, 2.75) is 58.4 Å². The third kappa shape index (κ3) is 3.79. The van der Waals surface area contributed by atoms with Gasteiger partial charge in [0.25, 0.3) is 5.91 Å². The average Bonchev–Trinajstić information content (AvgIpc) is 2.61. The summed E-state index contributed by atoms with van der Waals surface area (Å²) in [5, 5.41) is 3.97. The highest BCUT2D eigenvalue weighted by molar-refractivity contribution is 6.31. The minimum Gasteiger partial charge on any atom is -0.349 e. The zero-order chi connectivity index (χ0) is 18.0. The quantitative estimate of drug-likeness (QED) is 0.751. The molecule has 5 heteroatoms. The Morgan fingerprint density at radius 3 is 2.76 bits per heavy atom. The lowest BCUT2D eigenvalue weighted by molar-refractivity contribution is 0.0920. The predicted octanol–water partition coefficient (Wildman–Crippen LogP) is 5.29. The average molecular weight is 363 g/mol. The minimum absolute atomic E-state index is 0.0908. The Hall–Kier alpha value is -1.68. The molecule has 0 aliphatic heterocycles. The molecule has 1 aliphatic carbocycles. The summed E-state index contributed by atoms with van der Waals surface area (Å²) in [4.78, 5) is 17.4. The van der Waals surface area contributed by atoms with Gasteiger partial charge in [0.2, 0.25) is 0 Å². The lowest BCUT2D eigenvalue weighted by Crippen LogP contribution is -2.39. The van der Waals surface area contributed by atoms with Crippen LogP contribution < -0.4 is 5.32 Å². The summed E-state index contributed by atoms with van der Waals surface area (Å²) in [6.07, 6.45) is 6.59. The Bertz CT molecular complexity index is 787. The van der Waals surface area contributed by atoms with Gasteiger partial charge in [0.05, 0.1) is 11.1 Å². The van der Waals surface area contributed by atoms with E-state index in [0.29, 0.717) is 39.5 Å². The van der Waals surface area contributed by atoms with E-state index in [4.69, 9.17) is 11.6 Å². The summed E-state index contributed by atoms with van der Waals surface area (Å²) in [5.74, 6) is -0.0639. The number of benzene rings is 1. The van der Waals surface area contributed by atoms with E-state index in [1.165, 1.54) is 31.4 Å². The molecule has 1 amide bonds. The highest BCUT2D eigenvalue weighted by Crippen LogP contribution is 2.29. The van der Waals surface area contributed by atoms with Gasteiger partial charge in [-0.05, 0) is 50.3 Å². The van der Waals surface area contributed by atoms with Crippen LogP contribution in [0.25, 0.3) is 10.9 Å². The number of aromatic nitrogens is 1. The molecule has 0 radical (unpaired) electrons. The fourth-order valence-corrected chi connectivity index (χ4v) is 4.18. The number of halogens is 2. The number of amides is 1. The largest absolute Gasteiger partial charge is 0.349 e. The first kappa shape index (κ1) is 18.1. The van der Waals surface area contributed by atoms with Gasteiger partial charge in [-0.3, -0.25) is 4.79 Å². The number of hydrogen-bond acceptors (Lipinski definition) is 2. The fourth-order valence-electron chi connectivity index (χ4n) is 3.86. The van der Waals surface area contributed by atoms with Crippen LogP contribution in [0.1, 0.15) is 61.9 Å². The van der Waals surface area contributed by atoms with Gasteiger partial charge < -0.3 is 5.32 Å². The van der Waals surface area contributed by atoms with E-state index in [-0.39, 0.29) is 17.8 Å². The Morgan fingerprint density at radius 1 is 1.36 bits per heavy atom. The van der Waals surface area contributed by atoms with Crippen LogP contribution in [-0.4, -0.2) is 16.9 Å². The molecule has 0 saturated heterocycles. The van der Waals surface area contributed by atoms with E-state index in [9.17, 15) is 9.18 Å². The van der Waals surface area contributed by atoms with E-state index < -0.39 is 0 Å². The van der Waals surface area contributed by atoms with Crippen molar-refractivity contribution in [3.05, 3.63) is 40.3 Å². The second kappa shape index (κ2) is 7.69. The summed E-state index contributed by atoms with van der Waals surface area (Å²) in [5.41, 5.74) is 1.67. The maximum absolute atomic E-state index is 13.8. The minimum atomic E-state index is -0.381. The first-order valence-electron chi connectivity index (χ1n) is 9.09. The summed E-state index contributed by atoms with van der Waals surface area (Å²) < 4.78 is 13.8. The van der Waals surface area contributed by atoms with Crippen LogP contribution in [0.2, 0.25) is 5.15 Å². The molecule has 3 nitrogen and oxygen atoms in total. The molecule has 134 valence electrons. The molecule has 1 atom stereocenters. The Labute approximate surface area is 153 Å². The summed E-state index contributed by atoms with van der Waals surface area (Å²) in [6, 6.07) is 4.37. The highest BCUT2D eigenvalue weighted by atomic mass is 35.5. The normalized spacial score (nSPS) is 16.8. The number of fused-ring (bicyclic) bond motifs is 1. The molecule has 0 bridgehead atoms. The van der Waals surface area contributed by atoms with Crippen molar-refractivity contribution in [1.82, 2.24) is 10.3 Å². The van der Waals surface area contributed by atoms with Crippen LogP contribution in [0, 0.1) is 11.7 Å². The highest BCUT2D eigenvalue weighted by Gasteiger charge is 2.25. The summed E-state index contributed by atoms with van der Waals surface area (Å²) >= 11 is 6.29. The standard InChI is InChI=1S/C20H24ClFN2O/c1-3-15-18(16-11-14(22)9-10-17(16)24-19(15)21)20(25)23-12(2)13-7-5-4-6-8-13/h9-13H,3-8H2,1-2H3,(H,23,25)/t12-/m0/s1. The third-order valence-electron chi connectivity index (χ3n) is 5.29. The molecule has 1 aliphatic rings. The molecule has 1 N–H and O–H groups in total. The zero-order valence-electron chi connectivity index (χ0n) is 14.7. The number of carbonyl (C=O) groups excluding carboxylic acids is 1. The van der Waals surface area contributed by atoms with Gasteiger partial charge in [0.1, 0.15) is 11.0 Å². The van der Waals surface area contributed by atoms with Gasteiger partial charge in [-0.25, -0.2) is 9.37 Å². The maximum atomic E-state index is 13.8. The predicted molar refractivity (Wildman–Crippen MR) is 99.6 cm³/mol. The van der Waals surface area contributed by atoms with Crippen molar-refractivity contribution >= 4 is 28.4 Å². The van der Waals surface area contributed by atoms with E-state index in [2.05, 4.69) is 17.2 Å². The number of carbonyl (C=O) groups is 1. The Morgan fingerprint density at radius 2 is 2.08 bits per heavy atom. The Balaban J connectivity index is 1.97. The van der Waals surface area contributed by atoms with E-state index >= 15 is 0 Å². The molecule has 1 aromatic heterocycles. The number of pyridine rings is 1. The Kier molecular flexibility index (Phi) is 5.57. The van der Waals surface area contributed by atoms with Gasteiger partial charge >= 0.3 is 0 Å². The lowest BCUT2D eigenvalue weighted by atomic mass is 9.84. The number of nitrogens with zero attached hydrogens (tertiary/aromatic N) is 1. The van der Waals surface area contributed by atoms with Crippen molar-refractivity contribution in [1.29, 1.82) is 0 Å².